The van der Waals surface area contributed by atoms with Crippen molar-refractivity contribution in [1.82, 2.24) is 19.1 Å². The quantitative estimate of drug-likeness (QED) is 0.488. The summed E-state index contributed by atoms with van der Waals surface area (Å²) in [4.78, 5) is 22.4. The Kier molecular flexibility index (Phi) is 5.36. The number of ether oxygens (including phenoxy) is 1. The number of hydrogen-bond acceptors (Lipinski definition) is 6. The van der Waals surface area contributed by atoms with Crippen molar-refractivity contribution in [1.29, 1.82) is 0 Å². The lowest BCUT2D eigenvalue weighted by molar-refractivity contribution is 0.414. The molecule has 0 aliphatic heterocycles. The first-order valence-corrected chi connectivity index (χ1v) is 10.8. The van der Waals surface area contributed by atoms with E-state index in [1.165, 1.54) is 0 Å². The molecule has 8 heteroatoms. The maximum Gasteiger partial charge on any atom is 0.335 e. The van der Waals surface area contributed by atoms with Crippen LogP contribution < -0.4 is 21.5 Å². The van der Waals surface area contributed by atoms with Crippen LogP contribution in [0.2, 0.25) is 0 Å². The van der Waals surface area contributed by atoms with E-state index in [-0.39, 0.29) is 11.7 Å². The van der Waals surface area contributed by atoms with Gasteiger partial charge >= 0.3 is 5.69 Å². The number of methoxy groups -OCH3 is 1. The highest BCUT2D eigenvalue weighted by Gasteiger charge is 2.22. The van der Waals surface area contributed by atoms with Gasteiger partial charge in [0.25, 0.3) is 0 Å². The van der Waals surface area contributed by atoms with Crippen LogP contribution in [0.15, 0.2) is 65.7 Å². The molecule has 3 aromatic heterocycles. The van der Waals surface area contributed by atoms with Gasteiger partial charge in [0.2, 0.25) is 0 Å². The van der Waals surface area contributed by atoms with Crippen LogP contribution >= 0.6 is 0 Å². The maximum absolute atomic E-state index is 13.4. The molecule has 1 fully saturated rings. The van der Waals surface area contributed by atoms with Crippen molar-refractivity contribution < 1.29 is 4.74 Å². The highest BCUT2D eigenvalue weighted by molar-refractivity contribution is 5.73. The smallest absolute Gasteiger partial charge is 0.335 e. The molecule has 32 heavy (non-hydrogen) atoms. The Balaban J connectivity index is 1.47. The molecule has 4 aromatic rings. The average molecular weight is 431 g/mol. The average Bonchev–Trinajstić information content (AvgIpc) is 3.35. The van der Waals surface area contributed by atoms with Gasteiger partial charge in [0.1, 0.15) is 11.6 Å². The van der Waals surface area contributed by atoms with E-state index >= 15 is 0 Å². The molecule has 0 saturated heterocycles. The summed E-state index contributed by atoms with van der Waals surface area (Å²) in [6.07, 6.45) is 6.44. The molecule has 5 rings (SSSR count). The van der Waals surface area contributed by atoms with Gasteiger partial charge in [-0.2, -0.15) is 0 Å². The predicted octanol–water partition coefficient (Wildman–Crippen LogP) is 2.93. The maximum atomic E-state index is 13.4. The van der Waals surface area contributed by atoms with E-state index in [0.29, 0.717) is 23.9 Å². The Morgan fingerprint density at radius 3 is 2.66 bits per heavy atom. The highest BCUT2D eigenvalue weighted by atomic mass is 16.5. The van der Waals surface area contributed by atoms with E-state index < -0.39 is 0 Å². The third-order valence-electron chi connectivity index (χ3n) is 6.02. The molecule has 1 aromatic carbocycles. The predicted molar refractivity (Wildman–Crippen MR) is 124 cm³/mol. The van der Waals surface area contributed by atoms with Crippen LogP contribution in [0, 0.1) is 0 Å². The van der Waals surface area contributed by atoms with Crippen LogP contribution in [0.3, 0.4) is 0 Å². The van der Waals surface area contributed by atoms with E-state index in [2.05, 4.69) is 15.3 Å². The number of anilines is 1. The van der Waals surface area contributed by atoms with Gasteiger partial charge in [-0.25, -0.2) is 19.3 Å². The number of nitrogens with two attached hydrogens (primary N) is 1. The summed E-state index contributed by atoms with van der Waals surface area (Å²) in [6.45, 7) is 0.438. The van der Waals surface area contributed by atoms with Crippen molar-refractivity contribution in [3.05, 3.63) is 77.0 Å². The van der Waals surface area contributed by atoms with Crippen molar-refractivity contribution in [2.24, 2.45) is 5.73 Å². The highest BCUT2D eigenvalue weighted by Crippen LogP contribution is 2.22. The lowest BCUT2D eigenvalue weighted by atomic mass is 10.2. The van der Waals surface area contributed by atoms with Crippen molar-refractivity contribution >= 4 is 17.0 Å². The summed E-state index contributed by atoms with van der Waals surface area (Å²) in [5.74, 6) is 1.57. The molecule has 2 atom stereocenters. The molecule has 3 heterocycles. The molecule has 0 spiro atoms. The fraction of sp³-hybridized carbons (Fsp3) is 0.292. The summed E-state index contributed by atoms with van der Waals surface area (Å²) in [7, 11) is 1.64. The van der Waals surface area contributed by atoms with Crippen molar-refractivity contribution in [2.45, 2.75) is 37.9 Å². The molecule has 1 saturated carbocycles. The number of hydrogen-bond donors (Lipinski definition) is 2. The number of pyridine rings is 2. The monoisotopic (exact) mass is 430 g/mol. The first-order chi connectivity index (χ1) is 15.6. The number of aromatic nitrogens is 4. The minimum Gasteiger partial charge on any atom is -0.497 e. The van der Waals surface area contributed by atoms with E-state index in [9.17, 15) is 4.79 Å². The molecule has 1 aliphatic rings. The van der Waals surface area contributed by atoms with Gasteiger partial charge in [-0.15, -0.1) is 0 Å². The van der Waals surface area contributed by atoms with Crippen LogP contribution in [-0.2, 0) is 6.54 Å². The zero-order chi connectivity index (χ0) is 22.1. The zero-order valence-corrected chi connectivity index (χ0v) is 17.9. The van der Waals surface area contributed by atoms with Crippen LogP contribution in [0.4, 0.5) is 5.82 Å². The van der Waals surface area contributed by atoms with E-state index in [1.807, 2.05) is 48.5 Å². The molecule has 0 bridgehead atoms. The van der Waals surface area contributed by atoms with E-state index in [1.54, 1.807) is 28.6 Å². The lowest BCUT2D eigenvalue weighted by Gasteiger charge is -2.13. The van der Waals surface area contributed by atoms with E-state index in [4.69, 9.17) is 10.5 Å². The van der Waals surface area contributed by atoms with Gasteiger partial charge in [0.05, 0.1) is 31.1 Å². The molecule has 0 radical (unpaired) electrons. The van der Waals surface area contributed by atoms with Gasteiger partial charge in [-0.1, -0.05) is 12.1 Å². The second kappa shape index (κ2) is 8.47. The van der Waals surface area contributed by atoms with Crippen LogP contribution in [-0.4, -0.2) is 38.3 Å². The second-order valence-corrected chi connectivity index (χ2v) is 8.21. The van der Waals surface area contributed by atoms with Crippen LogP contribution in [0.25, 0.3) is 16.9 Å². The summed E-state index contributed by atoms with van der Waals surface area (Å²) in [5.41, 5.74) is 8.92. The minimum atomic E-state index is -0.154. The van der Waals surface area contributed by atoms with Gasteiger partial charge in [0, 0.05) is 18.3 Å². The number of fused-ring (bicyclic) bond motifs is 1. The van der Waals surface area contributed by atoms with Gasteiger partial charge in [-0.3, -0.25) is 4.57 Å². The summed E-state index contributed by atoms with van der Waals surface area (Å²) >= 11 is 0. The van der Waals surface area contributed by atoms with Crippen LogP contribution in [0.5, 0.6) is 5.75 Å². The lowest BCUT2D eigenvalue weighted by Crippen LogP contribution is -2.24. The third kappa shape index (κ3) is 3.85. The molecule has 0 amide bonds. The topological polar surface area (TPSA) is 100.0 Å². The van der Waals surface area contributed by atoms with Crippen molar-refractivity contribution in [2.75, 3.05) is 12.4 Å². The van der Waals surface area contributed by atoms with Gasteiger partial charge < -0.3 is 15.8 Å². The SMILES string of the molecule is COc1ccc(Cn2c(=O)n(-c3ccc(N[C@H]4CC[C@H](N)C4)nc3)c3ncccc32)cc1. The Bertz CT molecular complexity index is 1280. The number of benzene rings is 1. The zero-order valence-electron chi connectivity index (χ0n) is 17.9. The Hall–Kier alpha value is -3.65. The van der Waals surface area contributed by atoms with Crippen molar-refractivity contribution in [3.63, 3.8) is 0 Å². The number of rotatable bonds is 6. The Labute approximate surface area is 185 Å². The second-order valence-electron chi connectivity index (χ2n) is 8.21. The Morgan fingerprint density at radius 1 is 1.12 bits per heavy atom. The summed E-state index contributed by atoms with van der Waals surface area (Å²) < 4.78 is 8.58. The fourth-order valence-corrected chi connectivity index (χ4v) is 4.35. The largest absolute Gasteiger partial charge is 0.497 e. The molecule has 164 valence electrons. The number of nitrogens with zero attached hydrogens (tertiary/aromatic N) is 4. The van der Waals surface area contributed by atoms with Gasteiger partial charge in [-0.05, 0) is 61.2 Å². The molecular weight excluding hydrogens is 404 g/mol. The van der Waals surface area contributed by atoms with Crippen LogP contribution in [0.1, 0.15) is 24.8 Å². The molecule has 3 N–H and O–H groups in total. The normalized spacial score (nSPS) is 18.2. The first kappa shape index (κ1) is 20.3. The molecule has 0 unspecified atom stereocenters. The fourth-order valence-electron chi connectivity index (χ4n) is 4.35. The van der Waals surface area contributed by atoms with Gasteiger partial charge in [0.15, 0.2) is 5.65 Å². The van der Waals surface area contributed by atoms with E-state index in [0.717, 1.165) is 41.9 Å². The number of imidazole rings is 1. The summed E-state index contributed by atoms with van der Waals surface area (Å²) in [5, 5.41) is 3.44. The Morgan fingerprint density at radius 2 is 1.97 bits per heavy atom. The summed E-state index contributed by atoms with van der Waals surface area (Å²) in [6, 6.07) is 15.9. The molecule has 1 aliphatic carbocycles. The minimum absolute atomic E-state index is 0.154. The third-order valence-corrected chi connectivity index (χ3v) is 6.02. The number of nitrogens with one attached hydrogen (secondary N) is 1. The first-order valence-electron chi connectivity index (χ1n) is 10.8. The molecular formula is C24H26N6O2. The van der Waals surface area contributed by atoms with Crippen molar-refractivity contribution in [3.8, 4) is 11.4 Å². The molecule has 8 nitrogen and oxygen atoms in total. The standard InChI is InChI=1S/C24H26N6O2/c1-32-20-9-4-16(5-10-20)15-29-21-3-2-12-26-23(21)30(24(29)31)19-8-11-22(27-14-19)28-18-7-6-17(25)13-18/h2-5,8-12,14,17-18H,6-7,13,15,25H2,1H3,(H,27,28)/t17-,18-/m0/s1.